The van der Waals surface area contributed by atoms with Gasteiger partial charge in [0.15, 0.2) is 0 Å². The highest BCUT2D eigenvalue weighted by molar-refractivity contribution is 6.32. The molecule has 0 aliphatic rings. The second kappa shape index (κ2) is 9.14. The summed E-state index contributed by atoms with van der Waals surface area (Å²) in [6.07, 6.45) is 0. The largest absolute Gasteiger partial charge is 0.508 e. The van der Waals surface area contributed by atoms with Gasteiger partial charge < -0.3 is 21.9 Å². The van der Waals surface area contributed by atoms with Crippen LogP contribution in [0.1, 0.15) is 36.6 Å². The standard InChI is InChI=1S/C24H26ClFN4O2/c1-13-11-14(26)7-8-15(13)22-18(29-12-24(2,3)28)10-9-17(30-22)21(23(27)32)20-16(25)5-4-6-19(20)31/h4-11,21,29,31H,12,28H2,1-3H3,(H2,27,32). The Morgan fingerprint density at radius 2 is 1.97 bits per heavy atom. The van der Waals surface area contributed by atoms with Gasteiger partial charge in [-0.2, -0.15) is 0 Å². The molecule has 6 nitrogen and oxygen atoms in total. The van der Waals surface area contributed by atoms with Crippen LogP contribution >= 0.6 is 11.6 Å². The van der Waals surface area contributed by atoms with E-state index in [-0.39, 0.29) is 22.2 Å². The summed E-state index contributed by atoms with van der Waals surface area (Å²) in [6.45, 7) is 5.99. The molecule has 0 fully saturated rings. The van der Waals surface area contributed by atoms with Crippen LogP contribution in [-0.4, -0.2) is 28.1 Å². The van der Waals surface area contributed by atoms with Crippen LogP contribution in [0.25, 0.3) is 11.3 Å². The van der Waals surface area contributed by atoms with E-state index in [2.05, 4.69) is 5.32 Å². The number of aromatic hydroxyl groups is 1. The number of anilines is 1. The van der Waals surface area contributed by atoms with Crippen LogP contribution in [0.2, 0.25) is 5.02 Å². The summed E-state index contributed by atoms with van der Waals surface area (Å²) in [5, 5.41) is 13.8. The first-order valence-corrected chi connectivity index (χ1v) is 10.4. The average Bonchev–Trinajstić information content (AvgIpc) is 2.68. The maximum Gasteiger partial charge on any atom is 0.231 e. The fraction of sp³-hybridized carbons (Fsp3) is 0.250. The number of nitrogens with two attached hydrogens (primary N) is 2. The van der Waals surface area contributed by atoms with Gasteiger partial charge in [-0.3, -0.25) is 4.79 Å². The number of nitrogens with zero attached hydrogens (tertiary/aromatic N) is 1. The molecule has 0 spiro atoms. The fourth-order valence-electron chi connectivity index (χ4n) is 3.45. The van der Waals surface area contributed by atoms with Crippen LogP contribution in [0.15, 0.2) is 48.5 Å². The van der Waals surface area contributed by atoms with Crippen molar-refractivity contribution in [2.75, 3.05) is 11.9 Å². The van der Waals surface area contributed by atoms with Gasteiger partial charge in [-0.05, 0) is 68.8 Å². The van der Waals surface area contributed by atoms with Gasteiger partial charge in [0.05, 0.1) is 17.1 Å². The Labute approximate surface area is 191 Å². The first kappa shape index (κ1) is 23.5. The van der Waals surface area contributed by atoms with Crippen LogP contribution in [0.5, 0.6) is 5.75 Å². The monoisotopic (exact) mass is 456 g/mol. The number of nitrogens with one attached hydrogen (secondary N) is 1. The number of amides is 1. The van der Waals surface area contributed by atoms with Crippen LogP contribution in [0.4, 0.5) is 10.1 Å². The average molecular weight is 457 g/mol. The topological polar surface area (TPSA) is 114 Å². The smallest absolute Gasteiger partial charge is 0.231 e. The van der Waals surface area contributed by atoms with E-state index in [0.717, 1.165) is 0 Å². The Balaban J connectivity index is 2.20. The lowest BCUT2D eigenvalue weighted by Gasteiger charge is -2.23. The maximum atomic E-state index is 13.7. The Morgan fingerprint density at radius 1 is 1.25 bits per heavy atom. The van der Waals surface area contributed by atoms with Crippen molar-refractivity contribution in [3.05, 3.63) is 76.2 Å². The number of hydrogen-bond acceptors (Lipinski definition) is 5. The number of primary amides is 1. The number of aromatic nitrogens is 1. The molecule has 0 bridgehead atoms. The quantitative estimate of drug-likeness (QED) is 0.422. The predicted molar refractivity (Wildman–Crippen MR) is 125 cm³/mol. The molecule has 1 aromatic heterocycles. The molecule has 1 unspecified atom stereocenters. The number of aryl methyl sites for hydroxylation is 1. The number of hydrogen-bond donors (Lipinski definition) is 4. The first-order chi connectivity index (χ1) is 15.0. The molecule has 3 rings (SSSR count). The zero-order valence-corrected chi connectivity index (χ0v) is 18.9. The Bertz CT molecular complexity index is 1140. The number of rotatable bonds is 7. The summed E-state index contributed by atoms with van der Waals surface area (Å²) in [6, 6.07) is 12.4. The molecule has 0 radical (unpaired) electrons. The zero-order valence-electron chi connectivity index (χ0n) is 18.1. The number of halogens is 2. The lowest BCUT2D eigenvalue weighted by molar-refractivity contribution is -0.118. The lowest BCUT2D eigenvalue weighted by Crippen LogP contribution is -2.39. The molecule has 1 atom stereocenters. The molecule has 1 amide bonds. The molecule has 168 valence electrons. The second-order valence-corrected chi connectivity index (χ2v) is 8.85. The van der Waals surface area contributed by atoms with Crippen LogP contribution in [-0.2, 0) is 4.79 Å². The van der Waals surface area contributed by atoms with E-state index in [1.807, 2.05) is 13.8 Å². The summed E-state index contributed by atoms with van der Waals surface area (Å²) in [7, 11) is 0. The molecule has 0 saturated heterocycles. The Hall–Kier alpha value is -3.16. The molecule has 0 aliphatic heterocycles. The van der Waals surface area contributed by atoms with Gasteiger partial charge in [0.1, 0.15) is 17.5 Å². The normalized spacial score (nSPS) is 12.4. The highest BCUT2D eigenvalue weighted by Crippen LogP contribution is 2.38. The Kier molecular flexibility index (Phi) is 6.71. The summed E-state index contributed by atoms with van der Waals surface area (Å²) in [4.78, 5) is 17.2. The van der Waals surface area contributed by atoms with Crippen molar-refractivity contribution >= 4 is 23.2 Å². The minimum absolute atomic E-state index is 0.158. The number of carbonyl (C=O) groups excluding carboxylic acids is 1. The molecule has 2 aromatic carbocycles. The van der Waals surface area contributed by atoms with Crippen molar-refractivity contribution in [2.45, 2.75) is 32.2 Å². The van der Waals surface area contributed by atoms with Gasteiger partial charge in [-0.1, -0.05) is 17.7 Å². The molecule has 8 heteroatoms. The van der Waals surface area contributed by atoms with E-state index >= 15 is 0 Å². The predicted octanol–water partition coefficient (Wildman–Crippen LogP) is 4.32. The third-order valence-electron chi connectivity index (χ3n) is 4.99. The third-order valence-corrected chi connectivity index (χ3v) is 5.32. The molecule has 6 N–H and O–H groups in total. The summed E-state index contributed by atoms with van der Waals surface area (Å²) in [5.74, 6) is -2.32. The maximum absolute atomic E-state index is 13.7. The molecule has 1 heterocycles. The van der Waals surface area contributed by atoms with Crippen LogP contribution in [0, 0.1) is 12.7 Å². The second-order valence-electron chi connectivity index (χ2n) is 8.44. The number of phenols is 1. The van der Waals surface area contributed by atoms with Gasteiger partial charge in [0.2, 0.25) is 5.91 Å². The van der Waals surface area contributed by atoms with E-state index in [0.29, 0.717) is 34.7 Å². The van der Waals surface area contributed by atoms with Crippen molar-refractivity contribution < 1.29 is 14.3 Å². The lowest BCUT2D eigenvalue weighted by atomic mass is 9.92. The van der Waals surface area contributed by atoms with E-state index in [4.69, 9.17) is 28.1 Å². The van der Waals surface area contributed by atoms with Gasteiger partial charge in [0, 0.05) is 28.2 Å². The van der Waals surface area contributed by atoms with Crippen molar-refractivity contribution in [2.24, 2.45) is 11.5 Å². The molecule has 0 saturated carbocycles. The van der Waals surface area contributed by atoms with Gasteiger partial charge in [-0.15, -0.1) is 0 Å². The SMILES string of the molecule is Cc1cc(F)ccc1-c1nc(C(C(N)=O)c2c(O)cccc2Cl)ccc1NCC(C)(C)N. The molecular weight excluding hydrogens is 431 g/mol. The van der Waals surface area contributed by atoms with Crippen molar-refractivity contribution in [1.29, 1.82) is 0 Å². The zero-order chi connectivity index (χ0) is 23.6. The first-order valence-electron chi connectivity index (χ1n) is 10.0. The number of phenolic OH excluding ortho intramolecular Hbond substituents is 1. The number of benzene rings is 2. The Morgan fingerprint density at radius 3 is 2.56 bits per heavy atom. The van der Waals surface area contributed by atoms with Gasteiger partial charge >= 0.3 is 0 Å². The van der Waals surface area contributed by atoms with Crippen molar-refractivity contribution in [1.82, 2.24) is 4.98 Å². The number of pyridine rings is 1. The summed E-state index contributed by atoms with van der Waals surface area (Å²) < 4.78 is 13.7. The van der Waals surface area contributed by atoms with E-state index in [9.17, 15) is 14.3 Å². The highest BCUT2D eigenvalue weighted by Gasteiger charge is 2.28. The van der Waals surface area contributed by atoms with E-state index in [1.165, 1.54) is 18.2 Å². The molecule has 32 heavy (non-hydrogen) atoms. The summed E-state index contributed by atoms with van der Waals surface area (Å²) in [5.41, 5.74) is 14.3. The molecule has 3 aromatic rings. The minimum atomic E-state index is -1.08. The number of carbonyl (C=O) groups is 1. The van der Waals surface area contributed by atoms with Crippen LogP contribution < -0.4 is 16.8 Å². The highest BCUT2D eigenvalue weighted by atomic mass is 35.5. The van der Waals surface area contributed by atoms with Crippen molar-refractivity contribution in [3.8, 4) is 17.0 Å². The fourth-order valence-corrected chi connectivity index (χ4v) is 3.72. The van der Waals surface area contributed by atoms with Crippen LogP contribution in [0.3, 0.4) is 0 Å². The van der Waals surface area contributed by atoms with E-state index < -0.39 is 17.4 Å². The van der Waals surface area contributed by atoms with Crippen molar-refractivity contribution in [3.63, 3.8) is 0 Å². The molecule has 0 aliphatic carbocycles. The van der Waals surface area contributed by atoms with Gasteiger partial charge in [-0.25, -0.2) is 9.37 Å². The van der Waals surface area contributed by atoms with E-state index in [1.54, 1.807) is 37.3 Å². The van der Waals surface area contributed by atoms with Gasteiger partial charge in [0.25, 0.3) is 0 Å². The third kappa shape index (κ3) is 5.18. The molecular formula is C24H26ClFN4O2. The summed E-state index contributed by atoms with van der Waals surface area (Å²) >= 11 is 6.29. The minimum Gasteiger partial charge on any atom is -0.508 e.